The fourth-order valence-electron chi connectivity index (χ4n) is 4.94. The van der Waals surface area contributed by atoms with Crippen molar-refractivity contribution >= 4 is 11.8 Å². The Kier molecular flexibility index (Phi) is 7.69. The SMILES string of the molecule is CNC(C)C(=O)NC(C(=O)N1CCCC1c1nnn(Cc2ccccc2)n1)C1CCCCC1. The standard InChI is InChI=1S/C24H35N7O2/c1-17(25-2)23(32)26-21(19-12-7-4-8-13-19)24(33)30-15-9-14-20(30)22-27-29-31(28-22)16-18-10-5-3-6-11-18/h3,5-6,10-11,17,19-21,25H,4,7-9,12-16H2,1-2H3,(H,26,32). The first kappa shape index (κ1) is 23.4. The molecule has 2 fully saturated rings. The highest BCUT2D eigenvalue weighted by Gasteiger charge is 2.40. The van der Waals surface area contributed by atoms with Gasteiger partial charge in [0.2, 0.25) is 11.8 Å². The number of nitrogens with zero attached hydrogens (tertiary/aromatic N) is 5. The van der Waals surface area contributed by atoms with Crippen LogP contribution >= 0.6 is 0 Å². The minimum Gasteiger partial charge on any atom is -0.343 e. The van der Waals surface area contributed by atoms with Gasteiger partial charge in [-0.25, -0.2) is 0 Å². The molecule has 1 aliphatic carbocycles. The maximum Gasteiger partial charge on any atom is 0.246 e. The van der Waals surface area contributed by atoms with Gasteiger partial charge in [0.25, 0.3) is 0 Å². The third-order valence-corrected chi connectivity index (χ3v) is 6.98. The van der Waals surface area contributed by atoms with Crippen molar-refractivity contribution in [1.29, 1.82) is 0 Å². The molecule has 0 spiro atoms. The molecule has 2 N–H and O–H groups in total. The van der Waals surface area contributed by atoms with Crippen molar-refractivity contribution in [2.75, 3.05) is 13.6 Å². The Labute approximate surface area is 195 Å². The summed E-state index contributed by atoms with van der Waals surface area (Å²) in [6.45, 7) is 3.00. The molecule has 2 aliphatic rings. The number of tetrazole rings is 1. The molecule has 33 heavy (non-hydrogen) atoms. The number of rotatable bonds is 8. The lowest BCUT2D eigenvalue weighted by atomic mass is 9.83. The van der Waals surface area contributed by atoms with E-state index in [0.29, 0.717) is 18.9 Å². The molecule has 2 amide bonds. The number of amides is 2. The first-order chi connectivity index (χ1) is 16.1. The molecule has 1 saturated carbocycles. The van der Waals surface area contributed by atoms with Crippen LogP contribution in [0.5, 0.6) is 0 Å². The smallest absolute Gasteiger partial charge is 0.246 e. The number of carbonyl (C=O) groups excluding carboxylic acids is 2. The van der Waals surface area contributed by atoms with E-state index in [1.807, 2.05) is 42.2 Å². The zero-order valence-electron chi connectivity index (χ0n) is 19.6. The summed E-state index contributed by atoms with van der Waals surface area (Å²) >= 11 is 0. The van der Waals surface area contributed by atoms with Crippen molar-refractivity contribution in [3.05, 3.63) is 41.7 Å². The monoisotopic (exact) mass is 453 g/mol. The van der Waals surface area contributed by atoms with Gasteiger partial charge in [0, 0.05) is 6.54 Å². The van der Waals surface area contributed by atoms with Crippen LogP contribution in [0.15, 0.2) is 30.3 Å². The number of likely N-dealkylation sites (N-methyl/N-ethyl adjacent to an activating group) is 1. The molecule has 2 heterocycles. The fourth-order valence-corrected chi connectivity index (χ4v) is 4.94. The molecule has 2 aromatic rings. The zero-order chi connectivity index (χ0) is 23.2. The molecule has 178 valence electrons. The molecule has 3 unspecified atom stereocenters. The largest absolute Gasteiger partial charge is 0.343 e. The molecule has 0 radical (unpaired) electrons. The number of hydrogen-bond donors (Lipinski definition) is 2. The predicted octanol–water partition coefficient (Wildman–Crippen LogP) is 2.06. The van der Waals surface area contributed by atoms with Gasteiger partial charge in [0.15, 0.2) is 5.82 Å². The van der Waals surface area contributed by atoms with E-state index in [2.05, 4.69) is 26.0 Å². The maximum absolute atomic E-state index is 13.8. The Hall–Kier alpha value is -2.81. The van der Waals surface area contributed by atoms with Crippen molar-refractivity contribution in [1.82, 2.24) is 35.7 Å². The summed E-state index contributed by atoms with van der Waals surface area (Å²) < 4.78 is 0. The van der Waals surface area contributed by atoms with Crippen LogP contribution in [0.3, 0.4) is 0 Å². The lowest BCUT2D eigenvalue weighted by molar-refractivity contribution is -0.139. The topological polar surface area (TPSA) is 105 Å². The van der Waals surface area contributed by atoms with E-state index in [9.17, 15) is 9.59 Å². The maximum atomic E-state index is 13.8. The molecular weight excluding hydrogens is 418 g/mol. The third-order valence-electron chi connectivity index (χ3n) is 6.98. The number of likely N-dealkylation sites (tertiary alicyclic amines) is 1. The first-order valence-electron chi connectivity index (χ1n) is 12.2. The average Bonchev–Trinajstić information content (AvgIpc) is 3.52. The highest BCUT2D eigenvalue weighted by atomic mass is 16.2. The number of carbonyl (C=O) groups is 2. The average molecular weight is 454 g/mol. The molecule has 9 heteroatoms. The van der Waals surface area contributed by atoms with Gasteiger partial charge in [-0.15, -0.1) is 10.2 Å². The van der Waals surface area contributed by atoms with E-state index in [4.69, 9.17) is 0 Å². The summed E-state index contributed by atoms with van der Waals surface area (Å²) in [6.07, 6.45) is 7.03. The molecular formula is C24H35N7O2. The molecule has 0 bridgehead atoms. The van der Waals surface area contributed by atoms with Gasteiger partial charge in [-0.1, -0.05) is 49.6 Å². The highest BCUT2D eigenvalue weighted by Crippen LogP contribution is 2.33. The number of hydrogen-bond acceptors (Lipinski definition) is 6. The van der Waals surface area contributed by atoms with E-state index < -0.39 is 6.04 Å². The predicted molar refractivity (Wildman–Crippen MR) is 124 cm³/mol. The highest BCUT2D eigenvalue weighted by molar-refractivity contribution is 5.90. The fraction of sp³-hybridized carbons (Fsp3) is 0.625. The molecule has 1 aromatic carbocycles. The number of nitrogens with one attached hydrogen (secondary N) is 2. The van der Waals surface area contributed by atoms with E-state index in [1.165, 1.54) is 6.42 Å². The van der Waals surface area contributed by atoms with Crippen LogP contribution in [-0.2, 0) is 16.1 Å². The summed E-state index contributed by atoms with van der Waals surface area (Å²) in [5, 5.41) is 19.2. The Morgan fingerprint density at radius 3 is 2.58 bits per heavy atom. The van der Waals surface area contributed by atoms with Crippen LogP contribution in [-0.4, -0.2) is 62.6 Å². The summed E-state index contributed by atoms with van der Waals surface area (Å²) in [6, 6.07) is 8.94. The van der Waals surface area contributed by atoms with Gasteiger partial charge in [0.1, 0.15) is 6.04 Å². The van der Waals surface area contributed by atoms with E-state index >= 15 is 0 Å². The van der Waals surface area contributed by atoms with E-state index in [1.54, 1.807) is 11.8 Å². The van der Waals surface area contributed by atoms with Crippen molar-refractivity contribution in [3.63, 3.8) is 0 Å². The van der Waals surface area contributed by atoms with Crippen molar-refractivity contribution in [3.8, 4) is 0 Å². The van der Waals surface area contributed by atoms with Gasteiger partial charge in [-0.2, -0.15) is 4.80 Å². The molecule has 1 aliphatic heterocycles. The lowest BCUT2D eigenvalue weighted by Crippen LogP contribution is -2.55. The number of aromatic nitrogens is 4. The van der Waals surface area contributed by atoms with Crippen LogP contribution in [0.25, 0.3) is 0 Å². The van der Waals surface area contributed by atoms with E-state index in [0.717, 1.165) is 44.1 Å². The molecule has 4 rings (SSSR count). The molecule has 9 nitrogen and oxygen atoms in total. The summed E-state index contributed by atoms with van der Waals surface area (Å²) in [4.78, 5) is 29.9. The Morgan fingerprint density at radius 2 is 1.85 bits per heavy atom. The van der Waals surface area contributed by atoms with Gasteiger partial charge >= 0.3 is 0 Å². The van der Waals surface area contributed by atoms with Crippen LogP contribution < -0.4 is 10.6 Å². The van der Waals surface area contributed by atoms with Gasteiger partial charge in [0.05, 0.1) is 18.6 Å². The first-order valence-corrected chi connectivity index (χ1v) is 12.2. The minimum atomic E-state index is -0.506. The second-order valence-electron chi connectivity index (χ2n) is 9.25. The van der Waals surface area contributed by atoms with Crippen molar-refractivity contribution < 1.29 is 9.59 Å². The lowest BCUT2D eigenvalue weighted by Gasteiger charge is -2.34. The van der Waals surface area contributed by atoms with Crippen LogP contribution in [0, 0.1) is 5.92 Å². The zero-order valence-corrected chi connectivity index (χ0v) is 19.6. The van der Waals surface area contributed by atoms with Crippen LogP contribution in [0.1, 0.15) is 69.3 Å². The van der Waals surface area contributed by atoms with Gasteiger partial charge < -0.3 is 15.5 Å². The van der Waals surface area contributed by atoms with Crippen molar-refractivity contribution in [2.24, 2.45) is 5.92 Å². The minimum absolute atomic E-state index is 0.0135. The summed E-state index contributed by atoms with van der Waals surface area (Å²) in [5.41, 5.74) is 1.10. The van der Waals surface area contributed by atoms with E-state index in [-0.39, 0.29) is 29.8 Å². The normalized spacial score (nSPS) is 21.0. The Bertz CT molecular complexity index is 926. The second-order valence-corrected chi connectivity index (χ2v) is 9.25. The Morgan fingerprint density at radius 1 is 1.09 bits per heavy atom. The third kappa shape index (κ3) is 5.58. The quantitative estimate of drug-likeness (QED) is 0.634. The molecule has 3 atom stereocenters. The van der Waals surface area contributed by atoms with Gasteiger partial charge in [-0.05, 0) is 56.3 Å². The van der Waals surface area contributed by atoms with Crippen molar-refractivity contribution in [2.45, 2.75) is 76.5 Å². The Balaban J connectivity index is 1.50. The number of benzene rings is 1. The molecule has 1 aromatic heterocycles. The van der Waals surface area contributed by atoms with Crippen LogP contribution in [0.4, 0.5) is 0 Å². The summed E-state index contributed by atoms with van der Waals surface area (Å²) in [7, 11) is 1.75. The molecule has 1 saturated heterocycles. The second kappa shape index (κ2) is 10.9. The van der Waals surface area contributed by atoms with Gasteiger partial charge in [-0.3, -0.25) is 9.59 Å². The summed E-state index contributed by atoms with van der Waals surface area (Å²) in [5.74, 6) is 0.598. The van der Waals surface area contributed by atoms with Crippen LogP contribution in [0.2, 0.25) is 0 Å².